The van der Waals surface area contributed by atoms with E-state index in [0.717, 1.165) is 33.7 Å². The van der Waals surface area contributed by atoms with Crippen molar-refractivity contribution in [2.75, 3.05) is 0 Å². The molecule has 0 bridgehead atoms. The van der Waals surface area contributed by atoms with Crippen LogP contribution in [0.5, 0.6) is 0 Å². The SMILES string of the molecule is Cc1cccc(CC(=O)C2=Nc3cc4c(cc3C2)CN=C4c2ccncc2)c1. The van der Waals surface area contributed by atoms with E-state index in [1.807, 2.05) is 37.3 Å². The second-order valence-electron chi connectivity index (χ2n) is 7.36. The van der Waals surface area contributed by atoms with Gasteiger partial charge in [0.1, 0.15) is 0 Å². The number of benzene rings is 2. The summed E-state index contributed by atoms with van der Waals surface area (Å²) in [7, 11) is 0. The van der Waals surface area contributed by atoms with E-state index >= 15 is 0 Å². The summed E-state index contributed by atoms with van der Waals surface area (Å²) in [4.78, 5) is 26.2. The molecule has 1 aromatic heterocycles. The Labute approximate surface area is 163 Å². The number of nitrogens with zero attached hydrogens (tertiary/aromatic N) is 3. The van der Waals surface area contributed by atoms with Gasteiger partial charge in [0, 0.05) is 36.4 Å². The lowest BCUT2D eigenvalue weighted by molar-refractivity contribution is -0.112. The standard InChI is InChI=1S/C24H19N3O/c1-15-3-2-4-16(9-15)10-23(28)22-12-18-11-19-14-26-24(17-5-7-25-8-6-17)20(19)13-21(18)27-22/h2-9,11,13H,10,12,14H2,1H3. The molecule has 0 radical (unpaired) electrons. The van der Waals surface area contributed by atoms with Crippen molar-refractivity contribution in [1.82, 2.24) is 4.98 Å². The van der Waals surface area contributed by atoms with Crippen LogP contribution in [0.4, 0.5) is 5.69 Å². The number of aliphatic imine (C=N–C) groups is 2. The maximum atomic E-state index is 12.8. The highest BCUT2D eigenvalue weighted by atomic mass is 16.1. The summed E-state index contributed by atoms with van der Waals surface area (Å²) in [6.45, 7) is 2.72. The summed E-state index contributed by atoms with van der Waals surface area (Å²) in [5.41, 5.74) is 9.24. The van der Waals surface area contributed by atoms with Gasteiger partial charge in [0.25, 0.3) is 0 Å². The molecule has 5 rings (SSSR count). The molecule has 0 spiro atoms. The molecule has 0 atom stereocenters. The molecule has 0 unspecified atom stereocenters. The third-order valence-corrected chi connectivity index (χ3v) is 5.30. The number of fused-ring (bicyclic) bond motifs is 2. The van der Waals surface area contributed by atoms with Crippen LogP contribution in [0.1, 0.15) is 33.4 Å². The molecule has 0 fully saturated rings. The summed E-state index contributed by atoms with van der Waals surface area (Å²) >= 11 is 0. The smallest absolute Gasteiger partial charge is 0.181 e. The third kappa shape index (κ3) is 2.97. The lowest BCUT2D eigenvalue weighted by Crippen LogP contribution is -2.16. The van der Waals surface area contributed by atoms with Crippen LogP contribution < -0.4 is 0 Å². The van der Waals surface area contributed by atoms with E-state index in [4.69, 9.17) is 4.99 Å². The fraction of sp³-hybridized carbons (Fsp3) is 0.167. The van der Waals surface area contributed by atoms with Crippen molar-refractivity contribution in [3.05, 3.63) is 94.3 Å². The van der Waals surface area contributed by atoms with Gasteiger partial charge in [0.2, 0.25) is 0 Å². The average molecular weight is 365 g/mol. The Hall–Kier alpha value is -3.40. The van der Waals surface area contributed by atoms with E-state index in [0.29, 0.717) is 25.1 Å². The molecule has 28 heavy (non-hydrogen) atoms. The van der Waals surface area contributed by atoms with Crippen LogP contribution in [0.3, 0.4) is 0 Å². The Balaban J connectivity index is 1.42. The normalized spacial score (nSPS) is 14.3. The van der Waals surface area contributed by atoms with Crippen molar-refractivity contribution in [1.29, 1.82) is 0 Å². The number of aromatic nitrogens is 1. The molecule has 0 aliphatic carbocycles. The monoisotopic (exact) mass is 365 g/mol. The summed E-state index contributed by atoms with van der Waals surface area (Å²) in [5, 5.41) is 0. The molecule has 136 valence electrons. The largest absolute Gasteiger partial charge is 0.292 e. The van der Waals surface area contributed by atoms with E-state index in [-0.39, 0.29) is 5.78 Å². The number of aryl methyl sites for hydroxylation is 1. The van der Waals surface area contributed by atoms with Crippen LogP contribution in [0.2, 0.25) is 0 Å². The zero-order valence-electron chi connectivity index (χ0n) is 15.6. The second-order valence-corrected chi connectivity index (χ2v) is 7.36. The van der Waals surface area contributed by atoms with E-state index in [1.165, 1.54) is 11.1 Å². The van der Waals surface area contributed by atoms with Crippen molar-refractivity contribution < 1.29 is 4.79 Å². The van der Waals surface area contributed by atoms with Gasteiger partial charge in [-0.05, 0) is 41.8 Å². The van der Waals surface area contributed by atoms with E-state index < -0.39 is 0 Å². The molecular weight excluding hydrogens is 346 g/mol. The zero-order valence-corrected chi connectivity index (χ0v) is 15.6. The van der Waals surface area contributed by atoms with E-state index in [9.17, 15) is 4.79 Å². The number of hydrogen-bond donors (Lipinski definition) is 0. The van der Waals surface area contributed by atoms with Gasteiger partial charge in [-0.15, -0.1) is 0 Å². The number of hydrogen-bond acceptors (Lipinski definition) is 4. The molecule has 4 heteroatoms. The maximum absolute atomic E-state index is 12.8. The van der Waals surface area contributed by atoms with Gasteiger partial charge in [-0.3, -0.25) is 14.8 Å². The first-order chi connectivity index (χ1) is 13.7. The predicted octanol–water partition coefficient (Wildman–Crippen LogP) is 4.18. The number of rotatable bonds is 4. The molecule has 3 heterocycles. The highest BCUT2D eigenvalue weighted by Gasteiger charge is 2.25. The minimum atomic E-state index is 0.102. The number of Topliss-reactive ketones (excluding diaryl/α,β-unsaturated/α-hetero) is 1. The van der Waals surface area contributed by atoms with Gasteiger partial charge in [-0.1, -0.05) is 35.9 Å². The maximum Gasteiger partial charge on any atom is 0.181 e. The molecular formula is C24H19N3O. The zero-order chi connectivity index (χ0) is 19.1. The minimum Gasteiger partial charge on any atom is -0.292 e. The van der Waals surface area contributed by atoms with Crippen molar-refractivity contribution in [2.45, 2.75) is 26.3 Å². The second kappa shape index (κ2) is 6.64. The summed E-state index contributed by atoms with van der Waals surface area (Å²) in [5.74, 6) is 0.102. The molecule has 0 saturated heterocycles. The number of ketones is 1. The van der Waals surface area contributed by atoms with E-state index in [1.54, 1.807) is 12.4 Å². The van der Waals surface area contributed by atoms with Crippen LogP contribution >= 0.6 is 0 Å². The summed E-state index contributed by atoms with van der Waals surface area (Å²) < 4.78 is 0. The molecule has 0 saturated carbocycles. The first kappa shape index (κ1) is 16.8. The Morgan fingerprint density at radius 1 is 1.04 bits per heavy atom. The van der Waals surface area contributed by atoms with Crippen molar-refractivity contribution in [3.8, 4) is 0 Å². The fourth-order valence-corrected chi connectivity index (χ4v) is 3.92. The van der Waals surface area contributed by atoms with Crippen LogP contribution in [0, 0.1) is 6.92 Å². The number of pyridine rings is 1. The molecule has 2 aromatic carbocycles. The van der Waals surface area contributed by atoms with Crippen molar-refractivity contribution in [3.63, 3.8) is 0 Å². The number of carbonyl (C=O) groups is 1. The molecule has 0 amide bonds. The predicted molar refractivity (Wildman–Crippen MR) is 111 cm³/mol. The van der Waals surface area contributed by atoms with E-state index in [2.05, 4.69) is 28.2 Å². The quantitative estimate of drug-likeness (QED) is 0.696. The molecule has 0 N–H and O–H groups in total. The number of carbonyl (C=O) groups excluding carboxylic acids is 1. The molecule has 3 aromatic rings. The highest BCUT2D eigenvalue weighted by Crippen LogP contribution is 2.34. The highest BCUT2D eigenvalue weighted by molar-refractivity contribution is 6.42. The van der Waals surface area contributed by atoms with Gasteiger partial charge in [-0.25, -0.2) is 4.99 Å². The first-order valence-electron chi connectivity index (χ1n) is 9.45. The van der Waals surface area contributed by atoms with Gasteiger partial charge >= 0.3 is 0 Å². The molecule has 2 aliphatic heterocycles. The molecule has 4 nitrogen and oxygen atoms in total. The third-order valence-electron chi connectivity index (χ3n) is 5.30. The average Bonchev–Trinajstić information content (AvgIpc) is 3.30. The topological polar surface area (TPSA) is 54.7 Å². The van der Waals surface area contributed by atoms with Gasteiger partial charge in [-0.2, -0.15) is 0 Å². The molecule has 2 aliphatic rings. The Morgan fingerprint density at radius 2 is 1.89 bits per heavy atom. The van der Waals surface area contributed by atoms with Crippen molar-refractivity contribution >= 4 is 22.9 Å². The van der Waals surface area contributed by atoms with Gasteiger partial charge < -0.3 is 0 Å². The van der Waals surface area contributed by atoms with Crippen molar-refractivity contribution in [2.24, 2.45) is 9.98 Å². The van der Waals surface area contributed by atoms with Gasteiger partial charge in [0.15, 0.2) is 5.78 Å². The van der Waals surface area contributed by atoms with Gasteiger partial charge in [0.05, 0.1) is 23.7 Å². The Bertz CT molecular complexity index is 1160. The summed E-state index contributed by atoms with van der Waals surface area (Å²) in [6.07, 6.45) is 4.57. The Kier molecular flexibility index (Phi) is 3.97. The van der Waals surface area contributed by atoms with Crippen LogP contribution in [-0.2, 0) is 24.2 Å². The lowest BCUT2D eigenvalue weighted by Gasteiger charge is -2.06. The van der Waals surface area contributed by atoms with Crippen LogP contribution in [-0.4, -0.2) is 22.2 Å². The minimum absolute atomic E-state index is 0.102. The first-order valence-corrected chi connectivity index (χ1v) is 9.45. The fourth-order valence-electron chi connectivity index (χ4n) is 3.92. The summed E-state index contributed by atoms with van der Waals surface area (Å²) in [6, 6.07) is 16.3. The lowest BCUT2D eigenvalue weighted by atomic mass is 9.96. The van der Waals surface area contributed by atoms with Crippen LogP contribution in [0.15, 0.2) is 70.9 Å². The Morgan fingerprint density at radius 3 is 2.71 bits per heavy atom. The van der Waals surface area contributed by atoms with Crippen LogP contribution in [0.25, 0.3) is 0 Å².